The van der Waals surface area contributed by atoms with Crippen molar-refractivity contribution < 1.29 is 91.2 Å². The number of nitrogens with zero attached hydrogens (tertiary/aromatic N) is 8. The lowest BCUT2D eigenvalue weighted by Crippen LogP contribution is -2.21. The number of carboxylic acids is 1. The Bertz CT molecular complexity index is 5230. The summed E-state index contributed by atoms with van der Waals surface area (Å²) < 4.78 is 167. The number of hydrogen-bond donors (Lipinski definition) is 7. The van der Waals surface area contributed by atoms with Crippen LogP contribution in [0, 0.1) is 31.3 Å². The molecule has 114 heavy (non-hydrogen) atoms. The Kier molecular flexibility index (Phi) is 29.7. The number of aldehydes is 2. The van der Waals surface area contributed by atoms with E-state index in [0.717, 1.165) is 107 Å². The molecular weight excluding hydrogens is 1520 g/mol. The molecule has 4 aromatic carbocycles. The fraction of sp³-hybridized carbons (Fsp3) is 0.403. The second-order valence-electron chi connectivity index (χ2n) is 26.9. The van der Waals surface area contributed by atoms with E-state index in [4.69, 9.17) is 50.9 Å². The molecule has 614 valence electrons. The lowest BCUT2D eigenvalue weighted by Gasteiger charge is -2.23. The van der Waals surface area contributed by atoms with E-state index < -0.39 is 60.0 Å². The Hall–Kier alpha value is -11.8. The topological polar surface area (TPSA) is 345 Å². The number of aryl methyl sites for hydroxylation is 5. The van der Waals surface area contributed by atoms with E-state index in [0.29, 0.717) is 71.8 Å². The first-order chi connectivity index (χ1) is 54.0. The number of carbonyl (C=O) groups excluding carboxylic acids is 3. The highest BCUT2D eigenvalue weighted by Crippen LogP contribution is 2.47. The maximum absolute atomic E-state index is 15.4. The van der Waals surface area contributed by atoms with E-state index in [9.17, 15) is 58.7 Å². The molecule has 3 saturated carbocycles. The number of alkyl halides is 9. The zero-order chi connectivity index (χ0) is 83.7. The minimum Gasteiger partial charge on any atom is -0.492 e. The van der Waals surface area contributed by atoms with Crippen LogP contribution in [0.2, 0.25) is 0 Å². The number of hydrogen-bond acceptors (Lipinski definition) is 19. The van der Waals surface area contributed by atoms with E-state index in [2.05, 4.69) is 40.0 Å². The van der Waals surface area contributed by atoms with Gasteiger partial charge in [-0.15, -0.1) is 0 Å². The van der Waals surface area contributed by atoms with Gasteiger partial charge < -0.3 is 75.3 Å². The Morgan fingerprint density at radius 1 is 0.561 bits per heavy atom. The smallest absolute Gasteiger partial charge is 0.490 e. The second-order valence-corrected chi connectivity index (χ2v) is 26.9. The van der Waals surface area contributed by atoms with Crippen LogP contribution >= 0.6 is 0 Å². The van der Waals surface area contributed by atoms with E-state index in [-0.39, 0.29) is 96.4 Å². The number of aliphatic carboxylic acids is 1. The summed E-state index contributed by atoms with van der Waals surface area (Å²) in [6, 6.07) is 14.3. The highest BCUT2D eigenvalue weighted by molar-refractivity contribution is 6.05. The number of nitrogen functional groups attached to an aromatic ring is 3. The number of nitrogens with one attached hydrogen (secondary N) is 3. The molecule has 3 fully saturated rings. The number of aromatic nitrogens is 8. The number of methoxy groups -OCH3 is 3. The van der Waals surface area contributed by atoms with Crippen LogP contribution in [0.1, 0.15) is 136 Å². The number of imidazole rings is 2. The number of carbonyl (C=O) groups is 4. The largest absolute Gasteiger partial charge is 0.492 e. The van der Waals surface area contributed by atoms with Crippen molar-refractivity contribution >= 4 is 102 Å². The molecule has 13 rings (SSSR count). The Balaban J connectivity index is 0.000000192. The zero-order valence-corrected chi connectivity index (χ0v) is 62.9. The van der Waals surface area contributed by atoms with Crippen molar-refractivity contribution in [2.75, 3.05) is 74.1 Å². The molecular formula is C77H86F12N14O11. The Morgan fingerprint density at radius 3 is 1.35 bits per heavy atom. The summed E-state index contributed by atoms with van der Waals surface area (Å²) in [6.07, 6.45) is 11.1. The average Bonchev–Trinajstić information content (AvgIpc) is 1.24. The van der Waals surface area contributed by atoms with Gasteiger partial charge in [0.05, 0.1) is 100 Å². The van der Waals surface area contributed by atoms with Gasteiger partial charge in [0.1, 0.15) is 17.1 Å². The van der Waals surface area contributed by atoms with Crippen LogP contribution in [0.5, 0.6) is 17.2 Å². The van der Waals surface area contributed by atoms with Gasteiger partial charge >= 0.3 is 24.5 Å². The highest BCUT2D eigenvalue weighted by atomic mass is 19.4. The number of ether oxygens (including phenoxy) is 3. The molecule has 10 N–H and O–H groups in total. The third-order valence-corrected chi connectivity index (χ3v) is 18.9. The molecule has 6 heterocycles. The molecule has 0 amide bonds. The summed E-state index contributed by atoms with van der Waals surface area (Å²) in [7, 11) is 4.45. The van der Waals surface area contributed by atoms with Crippen molar-refractivity contribution in [1.82, 2.24) is 37.8 Å². The van der Waals surface area contributed by atoms with Crippen molar-refractivity contribution in [3.63, 3.8) is 0 Å². The first kappa shape index (κ1) is 87.8. The number of anilines is 6. The van der Waals surface area contributed by atoms with Crippen LogP contribution < -0.4 is 63.6 Å². The van der Waals surface area contributed by atoms with Gasteiger partial charge in [0.25, 0.3) is 0 Å². The van der Waals surface area contributed by atoms with Gasteiger partial charge in [-0.2, -0.15) is 39.5 Å². The molecule has 3 aliphatic rings. The van der Waals surface area contributed by atoms with Gasteiger partial charge in [-0.1, -0.05) is 43.9 Å². The summed E-state index contributed by atoms with van der Waals surface area (Å²) >= 11 is 0. The molecule has 0 spiro atoms. The fourth-order valence-corrected chi connectivity index (χ4v) is 13.5. The van der Waals surface area contributed by atoms with E-state index in [1.54, 1.807) is 45.1 Å². The van der Waals surface area contributed by atoms with Crippen molar-refractivity contribution in [3.8, 4) is 17.2 Å². The summed E-state index contributed by atoms with van der Waals surface area (Å²) in [5.41, 5.74) is 23.1. The number of pyridine rings is 4. The predicted octanol–water partition coefficient (Wildman–Crippen LogP) is 14.7. The van der Waals surface area contributed by atoms with E-state index in [1.807, 2.05) is 74.8 Å². The van der Waals surface area contributed by atoms with Crippen LogP contribution in [0.25, 0.3) is 43.7 Å². The highest BCUT2D eigenvalue weighted by Gasteiger charge is 2.39. The molecule has 0 radical (unpaired) electrons. The maximum Gasteiger partial charge on any atom is 0.490 e. The number of fused-ring (bicyclic) bond motifs is 4. The minimum absolute atomic E-state index is 0.000760. The molecule has 0 bridgehead atoms. The molecule has 3 aliphatic carbocycles. The first-order valence-corrected chi connectivity index (χ1v) is 36.0. The van der Waals surface area contributed by atoms with Gasteiger partial charge in [0.2, 0.25) is 18.0 Å². The van der Waals surface area contributed by atoms with Crippen LogP contribution in [0.3, 0.4) is 0 Å². The Labute approximate surface area is 643 Å². The third kappa shape index (κ3) is 21.3. The molecule has 37 heteroatoms. The number of ketones is 1. The first-order valence-electron chi connectivity index (χ1n) is 36.0. The number of halogens is 12. The maximum atomic E-state index is 15.4. The van der Waals surface area contributed by atoms with Crippen LogP contribution in [0.15, 0.2) is 107 Å². The summed E-state index contributed by atoms with van der Waals surface area (Å²) in [6.45, 7) is 7.76. The standard InChI is InChI=1S/C25H26FN5O3.C24H29FN4O2.C22H28FN5O2.C2HF3O2.2C2HF3O/c1-14(32)16-12-31(15-8-9-15)23-19(24(16)33)21(27)20(26)22(25(23)34-2)28-10-5-11-30-13-29-17-6-3-4-7-18(17)30;1-15-14-29(17-10-3-4-11-17)22-18(23(15)30)20(26)19(25)21(24(22)31-2)28-13-7-9-16-8-5-6-12-27-16;1-14-12-28(15-6-3-4-7-15)20-16(21(14)29)18(24)17(23)19(22(20)30-2)26-8-5-10-27-11-9-25-13-27;3-2(4,5)1(6)7;2*3-2(4,5)1-6/h3-4,6-7,12-13,15,28H,5,8-11,27H2,1-2H3;5-6,8,12,14,17,28H,3-4,7,9-11,13,26H2,1-2H3;9,11-13,15,26H,3-8,10,24H2,1-2H3;(H,6,7);2*1H. The quantitative estimate of drug-likeness (QED) is 0.0109. The van der Waals surface area contributed by atoms with E-state index >= 15 is 13.2 Å². The van der Waals surface area contributed by atoms with Crippen LogP contribution in [0.4, 0.5) is 86.8 Å². The van der Waals surface area contributed by atoms with Crippen molar-refractivity contribution in [2.45, 2.75) is 160 Å². The molecule has 0 saturated heterocycles. The third-order valence-electron chi connectivity index (χ3n) is 18.9. The minimum atomic E-state index is -5.08. The second kappa shape index (κ2) is 38.6. The lowest BCUT2D eigenvalue weighted by molar-refractivity contribution is -0.192. The Morgan fingerprint density at radius 2 is 0.965 bits per heavy atom. The molecule has 0 unspecified atom stereocenters. The summed E-state index contributed by atoms with van der Waals surface area (Å²) in [5, 5.41) is 17.0. The van der Waals surface area contributed by atoms with Gasteiger partial charge in [-0.25, -0.2) is 27.9 Å². The number of benzene rings is 4. The molecule has 6 aromatic heterocycles. The lowest BCUT2D eigenvalue weighted by atomic mass is 10.0. The SMILES string of the molecule is COc1c(NCCCc2ccccn2)c(F)c(N)c2c(=O)c(C)cn(C3CCCC3)c12.COc1c(NCCCn2ccnc2)c(F)c(N)c2c(=O)c(C)cn(C3CCCC3)c12.COc1c(NCCCn2cnc3ccccc32)c(F)c(N)c2c(=O)c(C(C)=O)cn(C3CC3)c12.O=C(O)C(F)(F)F.O=CC(F)(F)F.O=CC(F)(F)F. The molecule has 0 aliphatic heterocycles. The number of nitrogens with two attached hydrogens (primary N) is 3. The molecule has 0 atom stereocenters. The molecule has 25 nitrogen and oxygen atoms in total. The summed E-state index contributed by atoms with van der Waals surface area (Å²) in [4.78, 5) is 90.0. The van der Waals surface area contributed by atoms with Crippen LogP contribution in [-0.2, 0) is 33.9 Å². The van der Waals surface area contributed by atoms with Crippen molar-refractivity contribution in [2.24, 2.45) is 0 Å². The van der Waals surface area contributed by atoms with Crippen LogP contribution in [-0.4, -0.2) is 127 Å². The monoisotopic (exact) mass is 1610 g/mol. The van der Waals surface area contributed by atoms with Gasteiger partial charge in [0.15, 0.2) is 51.3 Å². The fourth-order valence-electron chi connectivity index (χ4n) is 13.5. The number of Topliss-reactive ketones (excluding diaryl/α,β-unsaturated/α-hetero) is 1. The predicted molar refractivity (Wildman–Crippen MR) is 407 cm³/mol. The summed E-state index contributed by atoms with van der Waals surface area (Å²) in [5.74, 6) is -4.27. The van der Waals surface area contributed by atoms with Crippen molar-refractivity contribution in [3.05, 3.63) is 163 Å². The van der Waals surface area contributed by atoms with Gasteiger partial charge in [-0.3, -0.25) is 33.8 Å². The number of carboxylic acid groups (broad SMARTS) is 1. The van der Waals surface area contributed by atoms with E-state index in [1.165, 1.54) is 28.3 Å². The average molecular weight is 1610 g/mol. The number of para-hydroxylation sites is 2. The zero-order valence-electron chi connectivity index (χ0n) is 62.9. The molecule has 10 aromatic rings. The van der Waals surface area contributed by atoms with Gasteiger partial charge in [0, 0.05) is 105 Å². The van der Waals surface area contributed by atoms with Gasteiger partial charge in [-0.05, 0) is 109 Å². The normalized spacial score (nSPS) is 13.6. The number of rotatable bonds is 22. The van der Waals surface area contributed by atoms with Crippen molar-refractivity contribution in [1.29, 1.82) is 0 Å².